The molecule has 0 spiro atoms. The van der Waals surface area contributed by atoms with Crippen molar-refractivity contribution >= 4 is 6.03 Å². The number of urea groups is 1. The van der Waals surface area contributed by atoms with Gasteiger partial charge in [0.15, 0.2) is 0 Å². The maximum Gasteiger partial charge on any atom is 0.317 e. The van der Waals surface area contributed by atoms with Gasteiger partial charge >= 0.3 is 6.03 Å². The molecule has 0 bridgehead atoms. The minimum atomic E-state index is -0.335. The van der Waals surface area contributed by atoms with Crippen molar-refractivity contribution in [2.75, 3.05) is 13.1 Å². The third-order valence-electron chi connectivity index (χ3n) is 4.27. The molecule has 2 amide bonds. The van der Waals surface area contributed by atoms with Crippen LogP contribution < -0.4 is 5.32 Å². The molecule has 18 heavy (non-hydrogen) atoms. The highest BCUT2D eigenvalue weighted by atomic mass is 16.3. The number of hydrogen-bond acceptors (Lipinski definition) is 2. The molecule has 1 heterocycles. The quantitative estimate of drug-likeness (QED) is 0.704. The van der Waals surface area contributed by atoms with Crippen LogP contribution in [0.3, 0.4) is 0 Å². The number of carbonyl (C=O) groups excluding carboxylic acids is 1. The first-order valence-electron chi connectivity index (χ1n) is 7.38. The number of nitrogens with zero attached hydrogens (tertiary/aromatic N) is 1. The molecule has 4 heteroatoms. The number of carbonyl (C=O) groups is 1. The van der Waals surface area contributed by atoms with E-state index in [9.17, 15) is 9.90 Å². The average Bonchev–Trinajstić information content (AvgIpc) is 2.54. The van der Waals surface area contributed by atoms with Crippen molar-refractivity contribution in [1.29, 1.82) is 0 Å². The summed E-state index contributed by atoms with van der Waals surface area (Å²) in [6.07, 6.45) is 7.33. The van der Waals surface area contributed by atoms with Crippen LogP contribution in [0.5, 0.6) is 0 Å². The van der Waals surface area contributed by atoms with Crippen molar-refractivity contribution in [3.05, 3.63) is 0 Å². The largest absolute Gasteiger partial charge is 0.391 e. The van der Waals surface area contributed by atoms with E-state index in [0.717, 1.165) is 38.1 Å². The van der Waals surface area contributed by atoms with Crippen LogP contribution in [-0.2, 0) is 0 Å². The van der Waals surface area contributed by atoms with Gasteiger partial charge in [0, 0.05) is 19.1 Å². The van der Waals surface area contributed by atoms with Gasteiger partial charge in [-0.1, -0.05) is 19.8 Å². The number of rotatable bonds is 1. The van der Waals surface area contributed by atoms with Crippen LogP contribution in [0.1, 0.15) is 51.9 Å². The molecule has 2 fully saturated rings. The van der Waals surface area contributed by atoms with Crippen LogP contribution in [0, 0.1) is 5.92 Å². The van der Waals surface area contributed by atoms with Crippen molar-refractivity contribution < 1.29 is 9.90 Å². The summed E-state index contributed by atoms with van der Waals surface area (Å²) in [7, 11) is 0. The first-order chi connectivity index (χ1) is 8.65. The second-order valence-corrected chi connectivity index (χ2v) is 6.00. The first-order valence-corrected chi connectivity index (χ1v) is 7.38. The van der Waals surface area contributed by atoms with Crippen LogP contribution in [-0.4, -0.2) is 41.3 Å². The highest BCUT2D eigenvalue weighted by Crippen LogP contribution is 2.22. The zero-order chi connectivity index (χ0) is 13.0. The summed E-state index contributed by atoms with van der Waals surface area (Å²) in [5.41, 5.74) is 0. The summed E-state index contributed by atoms with van der Waals surface area (Å²) < 4.78 is 0. The number of piperidine rings is 1. The number of amides is 2. The minimum Gasteiger partial charge on any atom is -0.391 e. The maximum atomic E-state index is 12.1. The Bertz CT molecular complexity index is 283. The third kappa shape index (κ3) is 3.87. The number of hydrogen-bond donors (Lipinski definition) is 2. The highest BCUT2D eigenvalue weighted by molar-refractivity contribution is 5.74. The van der Waals surface area contributed by atoms with Crippen molar-refractivity contribution in [1.82, 2.24) is 10.2 Å². The number of likely N-dealkylation sites (tertiary alicyclic amines) is 1. The molecule has 1 saturated carbocycles. The lowest BCUT2D eigenvalue weighted by Crippen LogP contribution is -2.49. The van der Waals surface area contributed by atoms with Crippen LogP contribution in [0.2, 0.25) is 0 Å². The van der Waals surface area contributed by atoms with E-state index in [1.54, 1.807) is 4.90 Å². The van der Waals surface area contributed by atoms with Crippen LogP contribution >= 0.6 is 0 Å². The van der Waals surface area contributed by atoms with E-state index in [1.807, 2.05) is 0 Å². The molecule has 0 radical (unpaired) electrons. The molecule has 4 nitrogen and oxygen atoms in total. The van der Waals surface area contributed by atoms with E-state index in [0.29, 0.717) is 12.6 Å². The Hall–Kier alpha value is -0.770. The molecule has 3 atom stereocenters. The van der Waals surface area contributed by atoms with E-state index in [-0.39, 0.29) is 12.1 Å². The minimum absolute atomic E-state index is 0.0216. The summed E-state index contributed by atoms with van der Waals surface area (Å²) in [5, 5.41) is 12.7. The van der Waals surface area contributed by atoms with Gasteiger partial charge in [-0.05, 0) is 38.0 Å². The van der Waals surface area contributed by atoms with Gasteiger partial charge in [-0.25, -0.2) is 4.79 Å². The zero-order valence-corrected chi connectivity index (χ0v) is 11.4. The Balaban J connectivity index is 1.79. The zero-order valence-electron chi connectivity index (χ0n) is 11.4. The topological polar surface area (TPSA) is 52.6 Å². The summed E-state index contributed by atoms with van der Waals surface area (Å²) in [6, 6.07) is 0.356. The van der Waals surface area contributed by atoms with Crippen molar-refractivity contribution in [2.45, 2.75) is 64.0 Å². The standard InChI is InChI=1S/C14H26N2O2/c1-11-4-2-5-12(8-7-11)15-14(18)16-9-3-6-13(17)10-16/h11-13,17H,2-10H2,1H3,(H,15,18)/t11-,12+,13-/m1/s1. The Morgan fingerprint density at radius 3 is 2.78 bits per heavy atom. The fourth-order valence-corrected chi connectivity index (χ4v) is 3.04. The fraction of sp³-hybridized carbons (Fsp3) is 0.929. The molecular weight excluding hydrogens is 228 g/mol. The maximum absolute atomic E-state index is 12.1. The van der Waals surface area contributed by atoms with E-state index in [4.69, 9.17) is 0 Å². The summed E-state index contributed by atoms with van der Waals surface area (Å²) in [6.45, 7) is 3.58. The lowest BCUT2D eigenvalue weighted by atomic mass is 10.0. The number of nitrogens with one attached hydrogen (secondary N) is 1. The summed E-state index contributed by atoms with van der Waals surface area (Å²) in [5.74, 6) is 0.795. The van der Waals surface area contributed by atoms with Gasteiger partial charge < -0.3 is 15.3 Å². The lowest BCUT2D eigenvalue weighted by molar-refractivity contribution is 0.0831. The predicted octanol–water partition coefficient (Wildman–Crippen LogP) is 2.12. The van der Waals surface area contributed by atoms with E-state index < -0.39 is 0 Å². The highest BCUT2D eigenvalue weighted by Gasteiger charge is 2.24. The molecule has 1 aliphatic heterocycles. The van der Waals surface area contributed by atoms with Gasteiger partial charge in [0.1, 0.15) is 0 Å². The molecule has 1 aliphatic carbocycles. The van der Waals surface area contributed by atoms with Crippen molar-refractivity contribution in [3.63, 3.8) is 0 Å². The predicted molar refractivity (Wildman–Crippen MR) is 71.4 cm³/mol. The van der Waals surface area contributed by atoms with Gasteiger partial charge in [-0.2, -0.15) is 0 Å². The average molecular weight is 254 g/mol. The van der Waals surface area contributed by atoms with E-state index >= 15 is 0 Å². The Kier molecular flexibility index (Phi) is 4.87. The molecule has 0 aromatic carbocycles. The smallest absolute Gasteiger partial charge is 0.317 e. The summed E-state index contributed by atoms with van der Waals surface area (Å²) in [4.78, 5) is 13.9. The van der Waals surface area contributed by atoms with Crippen molar-refractivity contribution in [3.8, 4) is 0 Å². The first kappa shape index (κ1) is 13.7. The molecule has 2 rings (SSSR count). The molecule has 2 aliphatic rings. The number of β-amino-alcohol motifs (C(OH)–C–C–N with tert-alkyl or cyclic N) is 1. The number of aliphatic hydroxyl groups is 1. The van der Waals surface area contributed by atoms with Gasteiger partial charge in [0.25, 0.3) is 0 Å². The second-order valence-electron chi connectivity index (χ2n) is 6.00. The normalized spacial score (nSPS) is 33.9. The van der Waals surface area contributed by atoms with Gasteiger partial charge in [0.05, 0.1) is 6.10 Å². The SMILES string of the molecule is C[C@@H]1CCC[C@H](NC(=O)N2CCC[C@@H](O)C2)CC1. The van der Waals surface area contributed by atoms with E-state index in [2.05, 4.69) is 12.2 Å². The van der Waals surface area contributed by atoms with Crippen molar-refractivity contribution in [2.24, 2.45) is 5.92 Å². The lowest BCUT2D eigenvalue weighted by Gasteiger charge is -2.31. The second kappa shape index (κ2) is 6.41. The fourth-order valence-electron chi connectivity index (χ4n) is 3.04. The third-order valence-corrected chi connectivity index (χ3v) is 4.27. The monoisotopic (exact) mass is 254 g/mol. The van der Waals surface area contributed by atoms with Gasteiger partial charge in [-0.3, -0.25) is 0 Å². The van der Waals surface area contributed by atoms with Crippen LogP contribution in [0.4, 0.5) is 4.79 Å². The number of aliphatic hydroxyl groups excluding tert-OH is 1. The van der Waals surface area contributed by atoms with Crippen LogP contribution in [0.25, 0.3) is 0 Å². The van der Waals surface area contributed by atoms with E-state index in [1.165, 1.54) is 19.3 Å². The molecule has 0 aromatic rings. The van der Waals surface area contributed by atoms with Crippen LogP contribution in [0.15, 0.2) is 0 Å². The molecule has 104 valence electrons. The molecule has 0 aromatic heterocycles. The molecular formula is C14H26N2O2. The Morgan fingerprint density at radius 1 is 1.17 bits per heavy atom. The Labute approximate surface area is 110 Å². The van der Waals surface area contributed by atoms with Gasteiger partial charge in [-0.15, -0.1) is 0 Å². The Morgan fingerprint density at radius 2 is 2.00 bits per heavy atom. The molecule has 0 unspecified atom stereocenters. The molecule has 1 saturated heterocycles. The van der Waals surface area contributed by atoms with Gasteiger partial charge in [0.2, 0.25) is 0 Å². The molecule has 2 N–H and O–H groups in total. The summed E-state index contributed by atoms with van der Waals surface area (Å²) >= 11 is 0.